The van der Waals surface area contributed by atoms with E-state index >= 15 is 0 Å². The highest BCUT2D eigenvalue weighted by molar-refractivity contribution is 6.31. The molecule has 26 heavy (non-hydrogen) atoms. The molecule has 3 rings (SSSR count). The second kappa shape index (κ2) is 9.29. The molecule has 0 heterocycles. The van der Waals surface area contributed by atoms with Crippen LogP contribution < -0.4 is 10.1 Å². The fourth-order valence-electron chi connectivity index (χ4n) is 2.57. The molecular formula is C21H18Cl3NO. The van der Waals surface area contributed by atoms with Crippen LogP contribution in [0.25, 0.3) is 0 Å². The molecule has 3 aromatic carbocycles. The molecule has 0 bridgehead atoms. The molecule has 0 aromatic heterocycles. The lowest BCUT2D eigenvalue weighted by molar-refractivity contribution is 0.302. The Morgan fingerprint density at radius 1 is 0.692 bits per heavy atom. The summed E-state index contributed by atoms with van der Waals surface area (Å²) in [4.78, 5) is 0. The Hall–Kier alpha value is -1.71. The molecule has 2 nitrogen and oxygen atoms in total. The number of ether oxygens (including phenoxy) is 1. The minimum atomic E-state index is 0.402. The lowest BCUT2D eigenvalue weighted by Gasteiger charge is -2.14. The molecule has 1 N–H and O–H groups in total. The molecule has 0 aliphatic rings. The number of hydrogen-bond donors (Lipinski definition) is 1. The predicted molar refractivity (Wildman–Crippen MR) is 109 cm³/mol. The van der Waals surface area contributed by atoms with Crippen molar-refractivity contribution in [3.8, 4) is 5.75 Å². The van der Waals surface area contributed by atoms with Crippen molar-refractivity contribution in [1.82, 2.24) is 5.32 Å². The van der Waals surface area contributed by atoms with Crippen LogP contribution in [-0.2, 0) is 19.7 Å². The van der Waals surface area contributed by atoms with Gasteiger partial charge >= 0.3 is 0 Å². The summed E-state index contributed by atoms with van der Waals surface area (Å²) in [6.45, 7) is 1.68. The van der Waals surface area contributed by atoms with Crippen molar-refractivity contribution < 1.29 is 4.74 Å². The molecule has 134 valence electrons. The molecule has 0 radical (unpaired) electrons. The lowest BCUT2D eigenvalue weighted by Crippen LogP contribution is -2.14. The van der Waals surface area contributed by atoms with Gasteiger partial charge in [0.25, 0.3) is 0 Å². The summed E-state index contributed by atoms with van der Waals surface area (Å²) in [5.74, 6) is 0.779. The van der Waals surface area contributed by atoms with E-state index in [1.807, 2.05) is 66.7 Å². The molecule has 0 atom stereocenters. The van der Waals surface area contributed by atoms with Crippen LogP contribution in [0.1, 0.15) is 16.7 Å². The van der Waals surface area contributed by atoms with Crippen LogP contribution in [0.5, 0.6) is 5.75 Å². The first-order chi connectivity index (χ1) is 12.6. The van der Waals surface area contributed by atoms with Crippen molar-refractivity contribution in [1.29, 1.82) is 0 Å². The van der Waals surface area contributed by atoms with E-state index in [0.29, 0.717) is 29.7 Å². The minimum Gasteiger partial charge on any atom is -0.489 e. The Morgan fingerprint density at radius 3 is 2.00 bits per heavy atom. The monoisotopic (exact) mass is 405 g/mol. The van der Waals surface area contributed by atoms with E-state index in [9.17, 15) is 0 Å². The summed E-state index contributed by atoms with van der Waals surface area (Å²) in [5.41, 5.74) is 2.98. The quantitative estimate of drug-likeness (QED) is 0.482. The van der Waals surface area contributed by atoms with Crippen molar-refractivity contribution >= 4 is 34.8 Å². The molecule has 0 fully saturated rings. The van der Waals surface area contributed by atoms with Gasteiger partial charge in [0.15, 0.2) is 0 Å². The Kier molecular flexibility index (Phi) is 6.81. The van der Waals surface area contributed by atoms with E-state index in [0.717, 1.165) is 27.5 Å². The first kappa shape index (κ1) is 19.1. The highest BCUT2D eigenvalue weighted by atomic mass is 35.5. The Balaban J connectivity index is 1.66. The zero-order valence-corrected chi connectivity index (χ0v) is 16.3. The largest absolute Gasteiger partial charge is 0.489 e. The Bertz CT molecular complexity index is 883. The highest BCUT2D eigenvalue weighted by Crippen LogP contribution is 2.25. The number of hydrogen-bond acceptors (Lipinski definition) is 2. The van der Waals surface area contributed by atoms with Crippen LogP contribution in [0, 0.1) is 0 Å². The van der Waals surface area contributed by atoms with Crippen LogP contribution in [0.4, 0.5) is 0 Å². The van der Waals surface area contributed by atoms with Gasteiger partial charge in [-0.05, 0) is 35.9 Å². The van der Waals surface area contributed by atoms with Crippen LogP contribution >= 0.6 is 34.8 Å². The number of nitrogens with one attached hydrogen (secondary N) is 1. The zero-order chi connectivity index (χ0) is 18.4. The smallest absolute Gasteiger partial charge is 0.124 e. The van der Waals surface area contributed by atoms with Crippen LogP contribution in [0.3, 0.4) is 0 Å². The van der Waals surface area contributed by atoms with Gasteiger partial charge in [-0.25, -0.2) is 0 Å². The third-order valence-electron chi connectivity index (χ3n) is 3.95. The van der Waals surface area contributed by atoms with E-state index in [1.165, 1.54) is 0 Å². The molecular weight excluding hydrogens is 389 g/mol. The molecule has 0 unspecified atom stereocenters. The van der Waals surface area contributed by atoms with Crippen molar-refractivity contribution in [3.63, 3.8) is 0 Å². The van der Waals surface area contributed by atoms with Gasteiger partial charge in [0.1, 0.15) is 12.4 Å². The van der Waals surface area contributed by atoms with Gasteiger partial charge in [0, 0.05) is 39.3 Å². The summed E-state index contributed by atoms with van der Waals surface area (Å²) < 4.78 is 5.98. The second-order valence-electron chi connectivity index (χ2n) is 5.83. The highest BCUT2D eigenvalue weighted by Gasteiger charge is 2.07. The average Bonchev–Trinajstić information content (AvgIpc) is 2.64. The van der Waals surface area contributed by atoms with Gasteiger partial charge in [-0.2, -0.15) is 0 Å². The van der Waals surface area contributed by atoms with Gasteiger partial charge in [-0.1, -0.05) is 71.2 Å². The first-order valence-electron chi connectivity index (χ1n) is 8.22. The van der Waals surface area contributed by atoms with Gasteiger partial charge < -0.3 is 10.1 Å². The van der Waals surface area contributed by atoms with E-state index in [-0.39, 0.29) is 0 Å². The standard InChI is InChI=1S/C21H18Cl3NO/c22-18-9-10-21(26-14-16-6-2-4-8-20(16)24)17(11-18)13-25-12-15-5-1-3-7-19(15)23/h1-11,25H,12-14H2. The topological polar surface area (TPSA) is 21.3 Å². The van der Waals surface area contributed by atoms with Crippen LogP contribution in [-0.4, -0.2) is 0 Å². The van der Waals surface area contributed by atoms with Crippen LogP contribution in [0.2, 0.25) is 15.1 Å². The SMILES string of the molecule is Clc1ccc(OCc2ccccc2Cl)c(CNCc2ccccc2Cl)c1. The normalized spacial score (nSPS) is 10.7. The summed E-state index contributed by atoms with van der Waals surface area (Å²) >= 11 is 18.5. The van der Waals surface area contributed by atoms with Crippen molar-refractivity contribution in [3.05, 3.63) is 98.5 Å². The maximum Gasteiger partial charge on any atom is 0.124 e. The summed E-state index contributed by atoms with van der Waals surface area (Å²) in [6.07, 6.45) is 0. The molecule has 5 heteroatoms. The third-order valence-corrected chi connectivity index (χ3v) is 4.92. The van der Waals surface area contributed by atoms with Gasteiger partial charge in [0.2, 0.25) is 0 Å². The summed E-state index contributed by atoms with van der Waals surface area (Å²) in [7, 11) is 0. The Morgan fingerprint density at radius 2 is 1.31 bits per heavy atom. The molecule has 0 aliphatic heterocycles. The average molecular weight is 407 g/mol. The van der Waals surface area contributed by atoms with Gasteiger partial charge in [-0.3, -0.25) is 0 Å². The molecule has 0 spiro atoms. The van der Waals surface area contributed by atoms with E-state index in [1.54, 1.807) is 0 Å². The maximum atomic E-state index is 6.20. The van der Waals surface area contributed by atoms with E-state index in [2.05, 4.69) is 5.32 Å². The predicted octanol–water partition coefficient (Wildman–Crippen LogP) is 6.52. The molecule has 0 aliphatic carbocycles. The Labute approximate surface area is 168 Å². The second-order valence-corrected chi connectivity index (χ2v) is 7.08. The number of rotatable bonds is 7. The van der Waals surface area contributed by atoms with Crippen LogP contribution in [0.15, 0.2) is 66.7 Å². The lowest BCUT2D eigenvalue weighted by atomic mass is 10.1. The van der Waals surface area contributed by atoms with Gasteiger partial charge in [-0.15, -0.1) is 0 Å². The molecule has 0 saturated carbocycles. The fourth-order valence-corrected chi connectivity index (χ4v) is 3.16. The zero-order valence-electron chi connectivity index (χ0n) is 14.0. The molecule has 3 aromatic rings. The number of halogens is 3. The maximum absolute atomic E-state index is 6.20. The summed E-state index contributed by atoms with van der Waals surface area (Å²) in [6, 6.07) is 21.0. The van der Waals surface area contributed by atoms with Crippen molar-refractivity contribution in [2.24, 2.45) is 0 Å². The number of benzene rings is 3. The van der Waals surface area contributed by atoms with Crippen molar-refractivity contribution in [2.75, 3.05) is 0 Å². The van der Waals surface area contributed by atoms with E-state index < -0.39 is 0 Å². The molecule has 0 saturated heterocycles. The summed E-state index contributed by atoms with van der Waals surface area (Å²) in [5, 5.41) is 5.50. The minimum absolute atomic E-state index is 0.402. The third kappa shape index (κ3) is 5.15. The molecule has 0 amide bonds. The fraction of sp³-hybridized carbons (Fsp3) is 0.143. The van der Waals surface area contributed by atoms with Gasteiger partial charge in [0.05, 0.1) is 0 Å². The van der Waals surface area contributed by atoms with Crippen molar-refractivity contribution in [2.45, 2.75) is 19.7 Å². The van der Waals surface area contributed by atoms with E-state index in [4.69, 9.17) is 39.5 Å². The first-order valence-corrected chi connectivity index (χ1v) is 9.35.